The summed E-state index contributed by atoms with van der Waals surface area (Å²) in [4.78, 5) is 1.27. The number of aryl methyl sites for hydroxylation is 1. The predicted octanol–water partition coefficient (Wildman–Crippen LogP) is 3.02. The zero-order chi connectivity index (χ0) is 8.55. The van der Waals surface area contributed by atoms with Crippen LogP contribution in [0.4, 0.5) is 0 Å². The van der Waals surface area contributed by atoms with Crippen LogP contribution in [0.25, 0.3) is 10.8 Å². The quantitative estimate of drug-likeness (QED) is 0.650. The summed E-state index contributed by atoms with van der Waals surface area (Å²) in [5.41, 5.74) is 0. The molecule has 0 bridgehead atoms. The zero-order valence-corrected chi connectivity index (χ0v) is 7.87. The summed E-state index contributed by atoms with van der Waals surface area (Å²) in [6, 6.07) is 6.03. The Hall–Kier alpha value is -1.02. The van der Waals surface area contributed by atoms with Gasteiger partial charge in [-0.1, -0.05) is 12.1 Å². The Kier molecular flexibility index (Phi) is 1.77. The van der Waals surface area contributed by atoms with E-state index in [4.69, 9.17) is 4.74 Å². The minimum absolute atomic E-state index is 0.947. The van der Waals surface area contributed by atoms with E-state index in [0.717, 1.165) is 11.1 Å². The summed E-state index contributed by atoms with van der Waals surface area (Å²) in [5.74, 6) is 0.947. The van der Waals surface area contributed by atoms with Crippen LogP contribution in [0.5, 0.6) is 5.75 Å². The van der Waals surface area contributed by atoms with Crippen LogP contribution in [0.1, 0.15) is 4.88 Å². The van der Waals surface area contributed by atoms with Gasteiger partial charge >= 0.3 is 0 Å². The smallest absolute Gasteiger partial charge is 0.127 e. The maximum absolute atomic E-state index is 5.25. The first kappa shape index (κ1) is 7.62. The lowest BCUT2D eigenvalue weighted by atomic mass is 10.2. The molecule has 2 aromatic rings. The molecule has 0 N–H and O–H groups in total. The Balaban J connectivity index is 2.84. The molecule has 1 aromatic heterocycles. The first-order valence-corrected chi connectivity index (χ1v) is 4.58. The van der Waals surface area contributed by atoms with Gasteiger partial charge in [-0.2, -0.15) is 0 Å². The highest BCUT2D eigenvalue weighted by Gasteiger charge is 2.04. The van der Waals surface area contributed by atoms with Crippen LogP contribution >= 0.6 is 11.3 Å². The van der Waals surface area contributed by atoms with Gasteiger partial charge in [-0.25, -0.2) is 0 Å². The Labute approximate surface area is 75.6 Å². The van der Waals surface area contributed by atoms with Crippen LogP contribution in [0.15, 0.2) is 18.2 Å². The zero-order valence-electron chi connectivity index (χ0n) is 7.05. The van der Waals surface area contributed by atoms with Gasteiger partial charge in [0.15, 0.2) is 0 Å². The van der Waals surface area contributed by atoms with Crippen LogP contribution in [-0.4, -0.2) is 7.11 Å². The molecule has 0 atom stereocenters. The second-order valence-electron chi connectivity index (χ2n) is 2.64. The second kappa shape index (κ2) is 2.79. The van der Waals surface area contributed by atoms with Crippen molar-refractivity contribution in [3.63, 3.8) is 0 Å². The summed E-state index contributed by atoms with van der Waals surface area (Å²) in [5, 5.41) is 5.57. The third-order valence-electron chi connectivity index (χ3n) is 1.91. The Morgan fingerprint density at radius 2 is 2.25 bits per heavy atom. The molecule has 0 saturated carbocycles. The molecule has 2 heteroatoms. The topological polar surface area (TPSA) is 9.23 Å². The Morgan fingerprint density at radius 3 is 3.00 bits per heavy atom. The molecule has 0 aliphatic carbocycles. The van der Waals surface area contributed by atoms with Gasteiger partial charge in [-0.15, -0.1) is 11.3 Å². The van der Waals surface area contributed by atoms with Crippen LogP contribution in [-0.2, 0) is 0 Å². The molecule has 0 amide bonds. The lowest BCUT2D eigenvalue weighted by molar-refractivity contribution is 0.420. The molecule has 1 heterocycles. The van der Waals surface area contributed by atoms with Gasteiger partial charge in [0.05, 0.1) is 12.5 Å². The molecule has 1 aromatic carbocycles. The summed E-state index contributed by atoms with van der Waals surface area (Å²) < 4.78 is 5.25. The van der Waals surface area contributed by atoms with Gasteiger partial charge in [0.1, 0.15) is 5.75 Å². The molecular weight excluding hydrogens is 168 g/mol. The standard InChI is InChI=1S/C10H9OS/c1-7-10-8(6-12-7)4-3-5-9(10)11-2/h3-5H,1-2H3. The number of rotatable bonds is 1. The molecule has 0 fully saturated rings. The van der Waals surface area contributed by atoms with E-state index >= 15 is 0 Å². The maximum atomic E-state index is 5.25. The van der Waals surface area contributed by atoms with Gasteiger partial charge in [-0.3, -0.25) is 0 Å². The average Bonchev–Trinajstić information content (AvgIpc) is 2.48. The van der Waals surface area contributed by atoms with Crippen molar-refractivity contribution < 1.29 is 4.74 Å². The highest BCUT2D eigenvalue weighted by molar-refractivity contribution is 7.11. The van der Waals surface area contributed by atoms with Crippen LogP contribution in [0, 0.1) is 12.3 Å². The highest BCUT2D eigenvalue weighted by Crippen LogP contribution is 2.31. The first-order chi connectivity index (χ1) is 5.83. The van der Waals surface area contributed by atoms with E-state index < -0.39 is 0 Å². The van der Waals surface area contributed by atoms with E-state index in [0.29, 0.717) is 0 Å². The minimum Gasteiger partial charge on any atom is -0.496 e. The summed E-state index contributed by atoms with van der Waals surface area (Å²) >= 11 is 1.64. The molecular formula is C10H9OS. The van der Waals surface area contributed by atoms with Crippen molar-refractivity contribution in [2.75, 3.05) is 7.11 Å². The van der Waals surface area contributed by atoms with Gasteiger partial charge in [0, 0.05) is 15.6 Å². The number of hydrogen-bond acceptors (Lipinski definition) is 2. The maximum Gasteiger partial charge on any atom is 0.127 e. The van der Waals surface area contributed by atoms with Crippen molar-refractivity contribution in [3.05, 3.63) is 28.5 Å². The van der Waals surface area contributed by atoms with E-state index in [2.05, 4.69) is 18.4 Å². The lowest BCUT2D eigenvalue weighted by Gasteiger charge is -2.01. The van der Waals surface area contributed by atoms with E-state index in [1.807, 2.05) is 12.1 Å². The van der Waals surface area contributed by atoms with E-state index in [9.17, 15) is 0 Å². The molecule has 0 aliphatic rings. The average molecular weight is 177 g/mol. The predicted molar refractivity (Wildman–Crippen MR) is 52.0 cm³/mol. The fourth-order valence-electron chi connectivity index (χ4n) is 1.33. The van der Waals surface area contributed by atoms with Crippen molar-refractivity contribution >= 4 is 22.1 Å². The van der Waals surface area contributed by atoms with Gasteiger partial charge in [0.25, 0.3) is 0 Å². The normalized spacial score (nSPS) is 10.5. The monoisotopic (exact) mass is 177 g/mol. The van der Waals surface area contributed by atoms with Crippen molar-refractivity contribution in [2.24, 2.45) is 0 Å². The fraction of sp³-hybridized carbons (Fsp3) is 0.200. The first-order valence-electron chi connectivity index (χ1n) is 3.76. The molecule has 0 spiro atoms. The number of benzene rings is 1. The summed E-state index contributed by atoms with van der Waals surface area (Å²) in [7, 11) is 1.70. The van der Waals surface area contributed by atoms with E-state index in [1.165, 1.54) is 10.3 Å². The van der Waals surface area contributed by atoms with Gasteiger partial charge < -0.3 is 4.74 Å². The largest absolute Gasteiger partial charge is 0.496 e. The Bertz CT molecular complexity index is 403. The number of ether oxygens (including phenoxy) is 1. The molecule has 0 saturated heterocycles. The number of thiophene rings is 1. The van der Waals surface area contributed by atoms with Crippen LogP contribution < -0.4 is 4.74 Å². The number of hydrogen-bond donors (Lipinski definition) is 0. The SMILES string of the molecule is COc1cccc2[c]sc(C)c12. The fourth-order valence-corrected chi connectivity index (χ4v) is 2.08. The molecule has 61 valence electrons. The second-order valence-corrected chi connectivity index (χ2v) is 3.66. The molecule has 12 heavy (non-hydrogen) atoms. The van der Waals surface area contributed by atoms with Crippen molar-refractivity contribution in [3.8, 4) is 5.75 Å². The highest BCUT2D eigenvalue weighted by atomic mass is 32.1. The summed E-state index contributed by atoms with van der Waals surface area (Å²) in [6.07, 6.45) is 0. The van der Waals surface area contributed by atoms with Crippen molar-refractivity contribution in [2.45, 2.75) is 6.92 Å². The van der Waals surface area contributed by atoms with Gasteiger partial charge in [-0.05, 0) is 13.0 Å². The number of methoxy groups -OCH3 is 1. The van der Waals surface area contributed by atoms with Crippen molar-refractivity contribution in [1.82, 2.24) is 0 Å². The lowest BCUT2D eigenvalue weighted by Crippen LogP contribution is -1.82. The van der Waals surface area contributed by atoms with Crippen LogP contribution in [0.2, 0.25) is 0 Å². The Morgan fingerprint density at radius 1 is 1.42 bits per heavy atom. The number of fused-ring (bicyclic) bond motifs is 1. The molecule has 0 aliphatic heterocycles. The van der Waals surface area contributed by atoms with E-state index in [1.54, 1.807) is 18.4 Å². The van der Waals surface area contributed by atoms with E-state index in [-0.39, 0.29) is 0 Å². The molecule has 0 unspecified atom stereocenters. The third-order valence-corrected chi connectivity index (χ3v) is 2.74. The third kappa shape index (κ3) is 0.994. The summed E-state index contributed by atoms with van der Waals surface area (Å²) in [6.45, 7) is 2.09. The van der Waals surface area contributed by atoms with Crippen LogP contribution in [0.3, 0.4) is 0 Å². The van der Waals surface area contributed by atoms with Gasteiger partial charge in [0.2, 0.25) is 0 Å². The molecule has 1 radical (unpaired) electrons. The minimum atomic E-state index is 0.947. The molecule has 2 rings (SSSR count). The molecule has 1 nitrogen and oxygen atoms in total. The van der Waals surface area contributed by atoms with Crippen molar-refractivity contribution in [1.29, 1.82) is 0 Å².